The molecular formula is C25H22FN3O5. The molecule has 1 atom stereocenters. The molecule has 1 N–H and O–H groups in total. The smallest absolute Gasteiger partial charge is 0.295 e. The van der Waals surface area contributed by atoms with Gasteiger partial charge in [0.1, 0.15) is 24.8 Å². The number of aliphatic hydroxyl groups is 1. The summed E-state index contributed by atoms with van der Waals surface area (Å²) in [6.07, 6.45) is 5.67. The number of halogens is 1. The number of carbonyl (C=O) groups is 2. The third-order valence-electron chi connectivity index (χ3n) is 5.89. The van der Waals surface area contributed by atoms with Crippen molar-refractivity contribution >= 4 is 17.4 Å². The van der Waals surface area contributed by atoms with Crippen LogP contribution in [0.3, 0.4) is 0 Å². The Morgan fingerprint density at radius 3 is 2.68 bits per heavy atom. The van der Waals surface area contributed by atoms with Gasteiger partial charge in [0.15, 0.2) is 11.5 Å². The van der Waals surface area contributed by atoms with Crippen LogP contribution in [0.4, 0.5) is 4.39 Å². The lowest BCUT2D eigenvalue weighted by molar-refractivity contribution is -0.139. The Labute approximate surface area is 194 Å². The van der Waals surface area contributed by atoms with E-state index in [9.17, 15) is 19.1 Å². The molecule has 8 nitrogen and oxygen atoms in total. The highest BCUT2D eigenvalue weighted by atomic mass is 19.1. The minimum atomic E-state index is -0.924. The Balaban J connectivity index is 1.54. The van der Waals surface area contributed by atoms with Gasteiger partial charge in [-0.3, -0.25) is 9.59 Å². The number of ketones is 1. The summed E-state index contributed by atoms with van der Waals surface area (Å²) in [5.74, 6) is -1.43. The Hall–Kier alpha value is -4.14. The maximum absolute atomic E-state index is 14.1. The van der Waals surface area contributed by atoms with Gasteiger partial charge in [-0.25, -0.2) is 9.37 Å². The molecule has 34 heavy (non-hydrogen) atoms. The van der Waals surface area contributed by atoms with Crippen molar-refractivity contribution in [1.82, 2.24) is 14.5 Å². The number of likely N-dealkylation sites (tertiary alicyclic amines) is 1. The number of aromatic nitrogens is 2. The van der Waals surface area contributed by atoms with E-state index in [1.165, 1.54) is 23.1 Å². The van der Waals surface area contributed by atoms with Crippen molar-refractivity contribution < 1.29 is 28.6 Å². The third-order valence-corrected chi connectivity index (χ3v) is 5.89. The molecule has 0 spiro atoms. The van der Waals surface area contributed by atoms with Gasteiger partial charge >= 0.3 is 0 Å². The largest absolute Gasteiger partial charge is 0.507 e. The molecule has 174 valence electrons. The second kappa shape index (κ2) is 9.01. The summed E-state index contributed by atoms with van der Waals surface area (Å²) in [7, 11) is 0. The highest BCUT2D eigenvalue weighted by Gasteiger charge is 2.46. The van der Waals surface area contributed by atoms with Crippen LogP contribution in [0.5, 0.6) is 11.5 Å². The molecule has 0 aliphatic carbocycles. The number of ether oxygens (including phenoxy) is 2. The molecule has 2 aliphatic rings. The van der Waals surface area contributed by atoms with Gasteiger partial charge in [-0.15, -0.1) is 0 Å². The number of hydrogen-bond donors (Lipinski definition) is 1. The lowest BCUT2D eigenvalue weighted by Crippen LogP contribution is -2.31. The number of benzene rings is 2. The predicted molar refractivity (Wildman–Crippen MR) is 120 cm³/mol. The number of Topliss-reactive ketones (excluding diaryl/α,β-unsaturated/α-hetero) is 1. The molecule has 9 heteroatoms. The van der Waals surface area contributed by atoms with E-state index >= 15 is 0 Å². The lowest BCUT2D eigenvalue weighted by Gasteiger charge is -2.25. The summed E-state index contributed by atoms with van der Waals surface area (Å²) in [6, 6.07) is 9.59. The summed E-state index contributed by atoms with van der Waals surface area (Å²) >= 11 is 0. The molecule has 0 saturated carbocycles. The normalized spacial score (nSPS) is 19.0. The fourth-order valence-electron chi connectivity index (χ4n) is 4.32. The van der Waals surface area contributed by atoms with Crippen molar-refractivity contribution in [2.75, 3.05) is 19.8 Å². The first-order valence-electron chi connectivity index (χ1n) is 10.9. The maximum Gasteiger partial charge on any atom is 0.295 e. The van der Waals surface area contributed by atoms with Crippen LogP contribution in [0.2, 0.25) is 0 Å². The topological polar surface area (TPSA) is 93.9 Å². The Morgan fingerprint density at radius 1 is 1.09 bits per heavy atom. The van der Waals surface area contributed by atoms with E-state index in [-0.39, 0.29) is 17.9 Å². The van der Waals surface area contributed by atoms with Gasteiger partial charge in [0.25, 0.3) is 11.7 Å². The third kappa shape index (κ3) is 4.00. The molecule has 5 rings (SSSR count). The van der Waals surface area contributed by atoms with Gasteiger partial charge in [0, 0.05) is 31.0 Å². The number of rotatable bonds is 6. The molecule has 0 radical (unpaired) electrons. The number of hydrogen-bond acceptors (Lipinski definition) is 6. The van der Waals surface area contributed by atoms with Crippen molar-refractivity contribution in [2.24, 2.45) is 0 Å². The molecule has 1 amide bonds. The molecular weight excluding hydrogens is 441 g/mol. The quantitative estimate of drug-likeness (QED) is 0.343. The van der Waals surface area contributed by atoms with E-state index in [1.54, 1.807) is 43.0 Å². The lowest BCUT2D eigenvalue weighted by atomic mass is 9.95. The number of carbonyl (C=O) groups excluding carboxylic acids is 2. The van der Waals surface area contributed by atoms with Gasteiger partial charge in [-0.05, 0) is 42.3 Å². The summed E-state index contributed by atoms with van der Waals surface area (Å²) in [6.45, 7) is 1.60. The van der Waals surface area contributed by atoms with Crippen LogP contribution in [-0.4, -0.2) is 51.0 Å². The average Bonchev–Trinajstić information content (AvgIpc) is 3.45. The zero-order chi connectivity index (χ0) is 23.7. The van der Waals surface area contributed by atoms with Crippen molar-refractivity contribution in [2.45, 2.75) is 19.0 Å². The minimum Gasteiger partial charge on any atom is -0.507 e. The van der Waals surface area contributed by atoms with E-state index in [2.05, 4.69) is 4.98 Å². The first-order chi connectivity index (χ1) is 16.5. The number of amides is 1. The van der Waals surface area contributed by atoms with E-state index < -0.39 is 23.5 Å². The average molecular weight is 463 g/mol. The summed E-state index contributed by atoms with van der Waals surface area (Å²) < 4.78 is 27.1. The molecule has 1 fully saturated rings. The van der Waals surface area contributed by atoms with Gasteiger partial charge in [0.05, 0.1) is 17.9 Å². The SMILES string of the molecule is O=C1C(=O)N(CCCn2ccnc2)C(c2cccc(F)c2)C1=C(O)c1ccc2c(c1)OCCO2. The Bertz CT molecular complexity index is 1270. The summed E-state index contributed by atoms with van der Waals surface area (Å²) in [5.41, 5.74) is 0.623. The molecule has 3 heterocycles. The zero-order valence-electron chi connectivity index (χ0n) is 18.2. The molecule has 1 saturated heterocycles. The highest BCUT2D eigenvalue weighted by Crippen LogP contribution is 2.41. The Kier molecular flexibility index (Phi) is 5.75. The molecule has 0 bridgehead atoms. The standard InChI is InChI=1S/C25H22FN3O5/c26-18-4-1-3-16(13-18)22-21(23(30)17-5-6-19-20(14-17)34-12-11-33-19)24(31)25(32)29(22)9-2-8-28-10-7-27-15-28/h1,3-7,10,13-15,22,30H,2,8-9,11-12H2. The summed E-state index contributed by atoms with van der Waals surface area (Å²) in [5, 5.41) is 11.2. The van der Waals surface area contributed by atoms with Gasteiger partial charge in [-0.2, -0.15) is 0 Å². The van der Waals surface area contributed by atoms with Crippen molar-refractivity contribution in [3.05, 3.63) is 83.7 Å². The first-order valence-corrected chi connectivity index (χ1v) is 10.9. The number of nitrogens with zero attached hydrogens (tertiary/aromatic N) is 3. The van der Waals surface area contributed by atoms with Crippen LogP contribution in [-0.2, 0) is 16.1 Å². The van der Waals surface area contributed by atoms with Crippen LogP contribution in [0.15, 0.2) is 66.8 Å². The van der Waals surface area contributed by atoms with Crippen molar-refractivity contribution in [3.63, 3.8) is 0 Å². The van der Waals surface area contributed by atoms with Crippen LogP contribution in [0.25, 0.3) is 5.76 Å². The molecule has 2 aliphatic heterocycles. The maximum atomic E-state index is 14.1. The zero-order valence-corrected chi connectivity index (χ0v) is 18.2. The molecule has 1 aromatic heterocycles. The molecule has 2 aromatic carbocycles. The number of imidazole rings is 1. The van der Waals surface area contributed by atoms with E-state index in [4.69, 9.17) is 9.47 Å². The van der Waals surface area contributed by atoms with E-state index in [0.29, 0.717) is 48.8 Å². The number of aliphatic hydroxyl groups excluding tert-OH is 1. The van der Waals surface area contributed by atoms with Gasteiger partial charge in [0.2, 0.25) is 0 Å². The predicted octanol–water partition coefficient (Wildman–Crippen LogP) is 3.31. The van der Waals surface area contributed by atoms with Gasteiger partial charge in [-0.1, -0.05) is 12.1 Å². The fraction of sp³-hybridized carbons (Fsp3) is 0.240. The number of fused-ring (bicyclic) bond motifs is 1. The van der Waals surface area contributed by atoms with Crippen molar-refractivity contribution in [1.29, 1.82) is 0 Å². The van der Waals surface area contributed by atoms with E-state index in [0.717, 1.165) is 0 Å². The van der Waals surface area contributed by atoms with Crippen LogP contribution in [0.1, 0.15) is 23.6 Å². The van der Waals surface area contributed by atoms with Gasteiger partial charge < -0.3 is 24.0 Å². The first kappa shape index (κ1) is 21.7. The van der Waals surface area contributed by atoms with Crippen LogP contribution in [0, 0.1) is 5.82 Å². The fourth-order valence-corrected chi connectivity index (χ4v) is 4.32. The highest BCUT2D eigenvalue weighted by molar-refractivity contribution is 6.46. The molecule has 3 aromatic rings. The van der Waals surface area contributed by atoms with E-state index in [1.807, 2.05) is 4.57 Å². The van der Waals surface area contributed by atoms with Crippen molar-refractivity contribution in [3.8, 4) is 11.5 Å². The second-order valence-electron chi connectivity index (χ2n) is 8.06. The molecule has 1 unspecified atom stereocenters. The van der Waals surface area contributed by atoms with Crippen LogP contribution >= 0.6 is 0 Å². The summed E-state index contributed by atoms with van der Waals surface area (Å²) in [4.78, 5) is 31.5. The monoisotopic (exact) mass is 463 g/mol. The Morgan fingerprint density at radius 2 is 1.91 bits per heavy atom. The minimum absolute atomic E-state index is 0.0880. The van der Waals surface area contributed by atoms with Crippen LogP contribution < -0.4 is 9.47 Å². The number of aryl methyl sites for hydroxylation is 1. The second-order valence-corrected chi connectivity index (χ2v) is 8.06.